The lowest BCUT2D eigenvalue weighted by Crippen LogP contribution is -2.35. The molecule has 1 aliphatic rings. The smallest absolute Gasteiger partial charge is 0.224 e. The van der Waals surface area contributed by atoms with Gasteiger partial charge in [-0.2, -0.15) is 0 Å². The number of hydrogen-bond donors (Lipinski definition) is 1. The Labute approximate surface area is 156 Å². The Balaban J connectivity index is 1.34. The van der Waals surface area contributed by atoms with Crippen LogP contribution in [0, 0.1) is 5.82 Å². The first-order chi connectivity index (χ1) is 13.2. The van der Waals surface area contributed by atoms with Crippen molar-refractivity contribution in [2.75, 3.05) is 6.54 Å². The van der Waals surface area contributed by atoms with E-state index in [4.69, 9.17) is 4.74 Å². The number of carbonyl (C=O) groups excluding carboxylic acids is 1. The van der Waals surface area contributed by atoms with Crippen molar-refractivity contribution in [3.05, 3.63) is 78.0 Å². The summed E-state index contributed by atoms with van der Waals surface area (Å²) in [7, 11) is 0. The van der Waals surface area contributed by atoms with E-state index in [1.54, 1.807) is 30.7 Å². The van der Waals surface area contributed by atoms with Gasteiger partial charge in [-0.3, -0.25) is 14.8 Å². The summed E-state index contributed by atoms with van der Waals surface area (Å²) in [5.41, 5.74) is 3.53. The standard InChI is InChI=1S/C21H18FN3O2/c22-17-3-1-2-14(8-17)9-21(26)25-12-18-11-16-10-15(4-5-20(16)27-18)19-13-23-6-7-24-19/h1-8,10,13,18H,9,11-12H2,(H,25,26)/t18-/m0/s1. The average molecular weight is 363 g/mol. The molecule has 0 saturated heterocycles. The molecule has 0 aliphatic carbocycles. The van der Waals surface area contributed by atoms with E-state index in [0.717, 1.165) is 22.6 Å². The Morgan fingerprint density at radius 2 is 2.15 bits per heavy atom. The summed E-state index contributed by atoms with van der Waals surface area (Å²) >= 11 is 0. The summed E-state index contributed by atoms with van der Waals surface area (Å²) in [5.74, 6) is 0.334. The number of halogens is 1. The fraction of sp³-hybridized carbons (Fsp3) is 0.190. The fourth-order valence-corrected chi connectivity index (χ4v) is 3.16. The van der Waals surface area contributed by atoms with Crippen molar-refractivity contribution in [2.24, 2.45) is 0 Å². The molecule has 136 valence electrons. The van der Waals surface area contributed by atoms with Crippen LogP contribution in [0.1, 0.15) is 11.1 Å². The van der Waals surface area contributed by atoms with Crippen LogP contribution >= 0.6 is 0 Å². The molecule has 6 heteroatoms. The van der Waals surface area contributed by atoms with Gasteiger partial charge in [0, 0.05) is 24.4 Å². The summed E-state index contributed by atoms with van der Waals surface area (Å²) in [5, 5.41) is 2.86. The summed E-state index contributed by atoms with van der Waals surface area (Å²) in [4.78, 5) is 20.5. The first-order valence-corrected chi connectivity index (χ1v) is 8.74. The molecule has 0 fully saturated rings. The summed E-state index contributed by atoms with van der Waals surface area (Å²) in [6.07, 6.45) is 5.77. The lowest BCUT2D eigenvalue weighted by molar-refractivity contribution is -0.120. The highest BCUT2D eigenvalue weighted by atomic mass is 19.1. The molecule has 0 bridgehead atoms. The molecule has 0 unspecified atom stereocenters. The molecule has 2 aromatic carbocycles. The molecule has 2 heterocycles. The second-order valence-corrected chi connectivity index (χ2v) is 6.47. The Morgan fingerprint density at radius 3 is 2.96 bits per heavy atom. The van der Waals surface area contributed by atoms with Crippen molar-refractivity contribution in [1.82, 2.24) is 15.3 Å². The van der Waals surface area contributed by atoms with Gasteiger partial charge in [-0.1, -0.05) is 12.1 Å². The summed E-state index contributed by atoms with van der Waals surface area (Å²) in [6.45, 7) is 0.406. The Hall–Kier alpha value is -3.28. The van der Waals surface area contributed by atoms with Crippen molar-refractivity contribution >= 4 is 5.91 Å². The molecule has 3 aromatic rings. The quantitative estimate of drug-likeness (QED) is 0.757. The first kappa shape index (κ1) is 17.1. The van der Waals surface area contributed by atoms with E-state index in [9.17, 15) is 9.18 Å². The maximum atomic E-state index is 13.2. The maximum Gasteiger partial charge on any atom is 0.224 e. The highest BCUT2D eigenvalue weighted by Crippen LogP contribution is 2.32. The van der Waals surface area contributed by atoms with E-state index in [1.165, 1.54) is 12.1 Å². The van der Waals surface area contributed by atoms with Crippen molar-refractivity contribution in [1.29, 1.82) is 0 Å². The molecule has 1 amide bonds. The topological polar surface area (TPSA) is 64.1 Å². The zero-order chi connectivity index (χ0) is 18.6. The van der Waals surface area contributed by atoms with Crippen LogP contribution in [0.3, 0.4) is 0 Å². The molecule has 27 heavy (non-hydrogen) atoms. The fourth-order valence-electron chi connectivity index (χ4n) is 3.16. The van der Waals surface area contributed by atoms with Crippen LogP contribution in [0.5, 0.6) is 5.75 Å². The van der Waals surface area contributed by atoms with Gasteiger partial charge in [0.05, 0.1) is 24.9 Å². The molecule has 1 atom stereocenters. The Bertz CT molecular complexity index is 963. The van der Waals surface area contributed by atoms with Crippen LogP contribution < -0.4 is 10.1 Å². The number of aromatic nitrogens is 2. The van der Waals surface area contributed by atoms with Gasteiger partial charge in [0.2, 0.25) is 5.91 Å². The molecule has 1 aromatic heterocycles. The normalized spacial score (nSPS) is 15.1. The van der Waals surface area contributed by atoms with Gasteiger partial charge in [-0.25, -0.2) is 4.39 Å². The van der Waals surface area contributed by atoms with Gasteiger partial charge < -0.3 is 10.1 Å². The van der Waals surface area contributed by atoms with Gasteiger partial charge >= 0.3 is 0 Å². The van der Waals surface area contributed by atoms with Gasteiger partial charge in [-0.15, -0.1) is 0 Å². The molecule has 0 radical (unpaired) electrons. The summed E-state index contributed by atoms with van der Waals surface area (Å²) in [6, 6.07) is 12.0. The SMILES string of the molecule is O=C(Cc1cccc(F)c1)NC[C@@H]1Cc2cc(-c3cnccn3)ccc2O1. The number of amides is 1. The first-order valence-electron chi connectivity index (χ1n) is 8.74. The molecule has 0 spiro atoms. The predicted molar refractivity (Wildman–Crippen MR) is 98.7 cm³/mol. The van der Waals surface area contributed by atoms with Crippen LogP contribution in [0.25, 0.3) is 11.3 Å². The largest absolute Gasteiger partial charge is 0.488 e. The molecule has 1 aliphatic heterocycles. The van der Waals surface area contributed by atoms with Gasteiger partial charge in [0.1, 0.15) is 17.7 Å². The lowest BCUT2D eigenvalue weighted by Gasteiger charge is -2.12. The van der Waals surface area contributed by atoms with Crippen LogP contribution in [0.4, 0.5) is 4.39 Å². The second-order valence-electron chi connectivity index (χ2n) is 6.47. The minimum Gasteiger partial charge on any atom is -0.488 e. The van der Waals surface area contributed by atoms with Crippen LogP contribution in [-0.4, -0.2) is 28.5 Å². The van der Waals surface area contributed by atoms with E-state index >= 15 is 0 Å². The number of benzene rings is 2. The van der Waals surface area contributed by atoms with Gasteiger partial charge in [-0.05, 0) is 41.5 Å². The number of fused-ring (bicyclic) bond motifs is 1. The number of carbonyl (C=O) groups is 1. The molecule has 5 nitrogen and oxygen atoms in total. The number of nitrogens with one attached hydrogen (secondary N) is 1. The Morgan fingerprint density at radius 1 is 1.22 bits per heavy atom. The molecule has 1 N–H and O–H groups in total. The predicted octanol–water partition coefficient (Wildman–Crippen LogP) is 2.95. The maximum absolute atomic E-state index is 13.2. The van der Waals surface area contributed by atoms with E-state index in [0.29, 0.717) is 18.5 Å². The zero-order valence-electron chi connectivity index (χ0n) is 14.6. The van der Waals surface area contributed by atoms with Crippen molar-refractivity contribution in [2.45, 2.75) is 18.9 Å². The molecule has 4 rings (SSSR count). The highest BCUT2D eigenvalue weighted by molar-refractivity contribution is 5.78. The molecule has 0 saturated carbocycles. The molecular weight excluding hydrogens is 345 g/mol. The molecular formula is C21H18FN3O2. The monoisotopic (exact) mass is 363 g/mol. The summed E-state index contributed by atoms with van der Waals surface area (Å²) < 4.78 is 19.1. The second kappa shape index (κ2) is 7.53. The highest BCUT2D eigenvalue weighted by Gasteiger charge is 2.23. The van der Waals surface area contributed by atoms with E-state index in [-0.39, 0.29) is 24.2 Å². The third-order valence-electron chi connectivity index (χ3n) is 4.44. The number of ether oxygens (including phenoxy) is 1. The average Bonchev–Trinajstić information content (AvgIpc) is 3.09. The van der Waals surface area contributed by atoms with Crippen molar-refractivity contribution in [3.8, 4) is 17.0 Å². The Kier molecular flexibility index (Phi) is 4.78. The van der Waals surface area contributed by atoms with Crippen LogP contribution in [-0.2, 0) is 17.6 Å². The van der Waals surface area contributed by atoms with Gasteiger partial charge in [0.25, 0.3) is 0 Å². The minimum absolute atomic E-state index is 0.117. The van der Waals surface area contributed by atoms with Crippen LogP contribution in [0.15, 0.2) is 61.1 Å². The number of nitrogens with zero attached hydrogens (tertiary/aromatic N) is 2. The third kappa shape index (κ3) is 4.11. The van der Waals surface area contributed by atoms with E-state index in [2.05, 4.69) is 15.3 Å². The third-order valence-corrected chi connectivity index (χ3v) is 4.44. The van der Waals surface area contributed by atoms with Crippen LogP contribution in [0.2, 0.25) is 0 Å². The van der Waals surface area contributed by atoms with Crippen molar-refractivity contribution < 1.29 is 13.9 Å². The number of hydrogen-bond acceptors (Lipinski definition) is 4. The zero-order valence-corrected chi connectivity index (χ0v) is 14.6. The minimum atomic E-state index is -0.339. The lowest BCUT2D eigenvalue weighted by atomic mass is 10.0. The van der Waals surface area contributed by atoms with Gasteiger partial charge in [0.15, 0.2) is 0 Å². The van der Waals surface area contributed by atoms with E-state index < -0.39 is 0 Å². The van der Waals surface area contributed by atoms with E-state index in [1.807, 2.05) is 18.2 Å². The van der Waals surface area contributed by atoms with Crippen molar-refractivity contribution in [3.63, 3.8) is 0 Å². The number of rotatable bonds is 5.